The van der Waals surface area contributed by atoms with Crippen LogP contribution < -0.4 is 10.1 Å². The molecule has 2 rings (SSSR count). The van der Waals surface area contributed by atoms with Crippen molar-refractivity contribution in [1.29, 1.82) is 0 Å². The van der Waals surface area contributed by atoms with Gasteiger partial charge in [0.25, 0.3) is 0 Å². The molecule has 0 saturated heterocycles. The zero-order valence-electron chi connectivity index (χ0n) is 12.4. The molecule has 2 aromatic rings. The molecule has 21 heavy (non-hydrogen) atoms. The quantitative estimate of drug-likeness (QED) is 0.803. The number of halogens is 2. The van der Waals surface area contributed by atoms with Gasteiger partial charge in [-0.2, -0.15) is 0 Å². The lowest BCUT2D eigenvalue weighted by Gasteiger charge is -2.21. The van der Waals surface area contributed by atoms with Crippen molar-refractivity contribution in [3.63, 3.8) is 0 Å². The first-order valence-electron chi connectivity index (χ1n) is 6.89. The summed E-state index contributed by atoms with van der Waals surface area (Å²) in [6.07, 6.45) is 1.04. The van der Waals surface area contributed by atoms with Crippen LogP contribution in [0.2, 0.25) is 5.02 Å². The highest BCUT2D eigenvalue weighted by atomic mass is 79.9. The van der Waals surface area contributed by atoms with Crippen molar-refractivity contribution in [2.24, 2.45) is 0 Å². The Bertz CT molecular complexity index is 613. The Morgan fingerprint density at radius 1 is 1.24 bits per heavy atom. The van der Waals surface area contributed by atoms with Crippen LogP contribution in [0.15, 0.2) is 40.9 Å². The lowest BCUT2D eigenvalue weighted by atomic mass is 9.96. The first kappa shape index (κ1) is 16.3. The molecule has 0 aliphatic rings. The summed E-state index contributed by atoms with van der Waals surface area (Å²) in [4.78, 5) is 0. The van der Waals surface area contributed by atoms with Gasteiger partial charge in [0.05, 0.1) is 17.6 Å². The van der Waals surface area contributed by atoms with Gasteiger partial charge in [0.1, 0.15) is 5.75 Å². The Labute approximate surface area is 139 Å². The van der Waals surface area contributed by atoms with Crippen LogP contribution >= 0.6 is 27.5 Å². The number of ether oxygens (including phenoxy) is 1. The Balaban J connectivity index is 2.49. The summed E-state index contributed by atoms with van der Waals surface area (Å²) in [5, 5.41) is 4.03. The van der Waals surface area contributed by atoms with E-state index < -0.39 is 0 Å². The minimum Gasteiger partial charge on any atom is -0.495 e. The summed E-state index contributed by atoms with van der Waals surface area (Å²) >= 11 is 9.72. The highest BCUT2D eigenvalue weighted by molar-refractivity contribution is 9.10. The van der Waals surface area contributed by atoms with Gasteiger partial charge in [-0.15, -0.1) is 0 Å². The van der Waals surface area contributed by atoms with Crippen LogP contribution in [-0.2, 0) is 6.42 Å². The highest BCUT2D eigenvalue weighted by Gasteiger charge is 2.19. The Morgan fingerprint density at radius 2 is 1.90 bits per heavy atom. The molecule has 0 heterocycles. The van der Waals surface area contributed by atoms with E-state index in [0.29, 0.717) is 5.02 Å². The van der Waals surface area contributed by atoms with Crippen molar-refractivity contribution in [2.45, 2.75) is 19.4 Å². The number of nitrogens with one attached hydrogen (secondary N) is 1. The van der Waals surface area contributed by atoms with Crippen LogP contribution in [0.3, 0.4) is 0 Å². The molecule has 0 bridgehead atoms. The normalized spacial score (nSPS) is 12.2. The number of aryl methyl sites for hydroxylation is 1. The molecule has 0 spiro atoms. The van der Waals surface area contributed by atoms with E-state index >= 15 is 0 Å². The van der Waals surface area contributed by atoms with Gasteiger partial charge >= 0.3 is 0 Å². The predicted molar refractivity (Wildman–Crippen MR) is 92.4 cm³/mol. The molecular weight excluding hydrogens is 350 g/mol. The summed E-state index contributed by atoms with van der Waals surface area (Å²) in [6, 6.07) is 12.4. The van der Waals surface area contributed by atoms with Gasteiger partial charge in [-0.05, 0) is 52.7 Å². The molecular formula is C17H19BrClNO. The lowest BCUT2D eigenvalue weighted by Crippen LogP contribution is -2.18. The Morgan fingerprint density at radius 3 is 2.43 bits per heavy atom. The van der Waals surface area contributed by atoms with Crippen LogP contribution in [0, 0.1) is 0 Å². The van der Waals surface area contributed by atoms with Crippen molar-refractivity contribution < 1.29 is 4.74 Å². The molecule has 0 aliphatic heterocycles. The van der Waals surface area contributed by atoms with E-state index in [1.54, 1.807) is 7.11 Å². The maximum atomic E-state index is 6.20. The van der Waals surface area contributed by atoms with Crippen LogP contribution in [-0.4, -0.2) is 14.2 Å². The van der Waals surface area contributed by atoms with E-state index in [0.717, 1.165) is 22.2 Å². The number of hydrogen-bond acceptors (Lipinski definition) is 2. The second-order valence-electron chi connectivity index (χ2n) is 4.83. The second-order valence-corrected chi connectivity index (χ2v) is 6.12. The van der Waals surface area contributed by atoms with Gasteiger partial charge in [-0.3, -0.25) is 0 Å². The van der Waals surface area contributed by atoms with Gasteiger partial charge in [0, 0.05) is 10.6 Å². The maximum absolute atomic E-state index is 6.20. The topological polar surface area (TPSA) is 21.3 Å². The fourth-order valence-corrected chi connectivity index (χ4v) is 3.45. The summed E-state index contributed by atoms with van der Waals surface area (Å²) in [5.74, 6) is 0.804. The molecule has 0 aromatic heterocycles. The lowest BCUT2D eigenvalue weighted by molar-refractivity contribution is 0.402. The number of benzene rings is 2. The van der Waals surface area contributed by atoms with E-state index in [9.17, 15) is 0 Å². The maximum Gasteiger partial charge on any atom is 0.138 e. The Kier molecular flexibility index (Phi) is 5.68. The summed E-state index contributed by atoms with van der Waals surface area (Å²) in [5.41, 5.74) is 3.53. The predicted octanol–water partition coefficient (Wildman–Crippen LogP) is 4.98. The monoisotopic (exact) mass is 367 g/mol. The van der Waals surface area contributed by atoms with Gasteiger partial charge < -0.3 is 10.1 Å². The summed E-state index contributed by atoms with van der Waals surface area (Å²) in [6.45, 7) is 2.15. The van der Waals surface area contributed by atoms with E-state index in [2.05, 4.69) is 52.4 Å². The van der Waals surface area contributed by atoms with Crippen LogP contribution in [0.1, 0.15) is 29.7 Å². The van der Waals surface area contributed by atoms with Gasteiger partial charge in [0.2, 0.25) is 0 Å². The van der Waals surface area contributed by atoms with Gasteiger partial charge in [0.15, 0.2) is 0 Å². The zero-order valence-corrected chi connectivity index (χ0v) is 14.8. The van der Waals surface area contributed by atoms with Crippen LogP contribution in [0.4, 0.5) is 0 Å². The smallest absolute Gasteiger partial charge is 0.138 e. The molecule has 112 valence electrons. The first-order chi connectivity index (χ1) is 10.1. The molecule has 1 unspecified atom stereocenters. The molecule has 0 aliphatic carbocycles. The average molecular weight is 369 g/mol. The fourth-order valence-electron chi connectivity index (χ4n) is 2.46. The number of rotatable bonds is 5. The molecule has 4 heteroatoms. The molecule has 0 saturated carbocycles. The first-order valence-corrected chi connectivity index (χ1v) is 8.06. The molecule has 2 aromatic carbocycles. The highest BCUT2D eigenvalue weighted by Crippen LogP contribution is 2.38. The largest absolute Gasteiger partial charge is 0.495 e. The van der Waals surface area contributed by atoms with Crippen LogP contribution in [0.5, 0.6) is 5.75 Å². The second kappa shape index (κ2) is 7.30. The van der Waals surface area contributed by atoms with Gasteiger partial charge in [-0.25, -0.2) is 0 Å². The molecule has 1 atom stereocenters. The summed E-state index contributed by atoms with van der Waals surface area (Å²) < 4.78 is 6.39. The van der Waals surface area contributed by atoms with Crippen molar-refractivity contribution in [1.82, 2.24) is 5.32 Å². The Hall–Kier alpha value is -1.03. The third kappa shape index (κ3) is 3.60. The SMILES string of the molecule is CCc1ccc(C(NC)c2cc(Cl)cc(Br)c2OC)cc1. The van der Waals surface area contributed by atoms with Crippen molar-refractivity contribution in [3.05, 3.63) is 62.6 Å². The van der Waals surface area contributed by atoms with Crippen molar-refractivity contribution >= 4 is 27.5 Å². The third-order valence-electron chi connectivity index (χ3n) is 3.56. The molecule has 1 N–H and O–H groups in total. The fraction of sp³-hybridized carbons (Fsp3) is 0.294. The molecule has 0 amide bonds. The standard InChI is InChI=1S/C17H19BrClNO/c1-4-11-5-7-12(8-6-11)16(20-2)14-9-13(19)10-15(18)17(14)21-3/h5-10,16,20H,4H2,1-3H3. The van der Waals surface area contributed by atoms with Crippen molar-refractivity contribution in [2.75, 3.05) is 14.2 Å². The molecule has 2 nitrogen and oxygen atoms in total. The summed E-state index contributed by atoms with van der Waals surface area (Å²) in [7, 11) is 3.61. The average Bonchev–Trinajstić information content (AvgIpc) is 2.48. The van der Waals surface area contributed by atoms with Crippen molar-refractivity contribution in [3.8, 4) is 5.75 Å². The minimum absolute atomic E-state index is 0.0286. The van der Waals surface area contributed by atoms with Gasteiger partial charge in [-0.1, -0.05) is 42.8 Å². The van der Waals surface area contributed by atoms with E-state index in [1.807, 2.05) is 19.2 Å². The zero-order chi connectivity index (χ0) is 15.4. The number of hydrogen-bond donors (Lipinski definition) is 1. The van der Waals surface area contributed by atoms with E-state index in [4.69, 9.17) is 16.3 Å². The molecule has 0 radical (unpaired) electrons. The molecule has 0 fully saturated rings. The third-order valence-corrected chi connectivity index (χ3v) is 4.37. The van der Waals surface area contributed by atoms with E-state index in [1.165, 1.54) is 11.1 Å². The van der Waals surface area contributed by atoms with E-state index in [-0.39, 0.29) is 6.04 Å². The van der Waals surface area contributed by atoms with Crippen LogP contribution in [0.25, 0.3) is 0 Å². The number of methoxy groups -OCH3 is 1. The minimum atomic E-state index is 0.0286.